The molecule has 0 aromatic heterocycles. The van der Waals surface area contributed by atoms with Crippen molar-refractivity contribution in [2.24, 2.45) is 0 Å². The minimum absolute atomic E-state index is 0. The average molecular weight is 463 g/mol. The normalized spacial score (nSPS) is 16.6. The fourth-order valence-corrected chi connectivity index (χ4v) is 2.84. The van der Waals surface area contributed by atoms with Gasteiger partial charge in [-0.2, -0.15) is 0 Å². The fourth-order valence-electron chi connectivity index (χ4n) is 2.59. The second kappa shape index (κ2) is 11.9. The molecule has 0 N–H and O–H groups in total. The molecule has 0 atom stereocenters. The Bertz CT molecular complexity index is 721. The molecule has 0 spiro atoms. The van der Waals surface area contributed by atoms with Crippen LogP contribution in [-0.4, -0.2) is 11.6 Å². The summed E-state index contributed by atoms with van der Waals surface area (Å²) in [4.78, 5) is 23.6. The van der Waals surface area contributed by atoms with E-state index in [1.807, 2.05) is 25.7 Å². The Kier molecular flexibility index (Phi) is 9.92. The molecule has 2 aliphatic carbocycles. The molecule has 0 aliphatic heterocycles. The zero-order chi connectivity index (χ0) is 19.9. The molecule has 10 radical (unpaired) electrons. The number of rotatable bonds is 4. The average Bonchev–Trinajstić information content (AvgIpc) is 3.43. The summed E-state index contributed by atoms with van der Waals surface area (Å²) in [6, 6.07) is 13.8. The van der Waals surface area contributed by atoms with E-state index in [1.165, 1.54) is 0 Å². The molecule has 0 unspecified atom stereocenters. The Labute approximate surface area is 193 Å². The molecule has 5 heteroatoms. The molecule has 0 saturated heterocycles. The summed E-state index contributed by atoms with van der Waals surface area (Å²) in [6.45, 7) is 0. The zero-order valence-corrected chi connectivity index (χ0v) is 17.8. The standard InChI is InChI=1S/2C12H8ClO.Fe/c2*13-11-7-5-10(6-8-11)12(14)9-3-1-2-4-9;/h2*1-8H;/q;;+2. The van der Waals surface area contributed by atoms with Crippen LogP contribution in [0.1, 0.15) is 20.7 Å². The maximum Gasteiger partial charge on any atom is 2.00 e. The van der Waals surface area contributed by atoms with Crippen LogP contribution in [0, 0.1) is 63.2 Å². The van der Waals surface area contributed by atoms with Crippen molar-refractivity contribution in [2.75, 3.05) is 0 Å². The smallest absolute Gasteiger partial charge is 0.293 e. The number of Topliss-reactive ketones (excluding diaryl/α,β-unsaturated/α-hetero) is 2. The van der Waals surface area contributed by atoms with Gasteiger partial charge in [-0.3, -0.25) is 9.59 Å². The summed E-state index contributed by atoms with van der Waals surface area (Å²) in [5, 5.41) is 1.29. The molecule has 144 valence electrons. The summed E-state index contributed by atoms with van der Waals surface area (Å²) >= 11 is 11.5. The minimum Gasteiger partial charge on any atom is -0.293 e. The summed E-state index contributed by atoms with van der Waals surface area (Å²) in [7, 11) is 0. The Hall–Kier alpha value is -1.12. The van der Waals surface area contributed by atoms with Gasteiger partial charge in [0.05, 0.1) is 11.8 Å². The van der Waals surface area contributed by atoms with E-state index in [0.717, 1.165) is 0 Å². The topological polar surface area (TPSA) is 34.1 Å². The van der Waals surface area contributed by atoms with Crippen molar-refractivity contribution in [3.8, 4) is 0 Å². The SMILES string of the molecule is O=C([C]1[CH][CH][CH][CH]1)c1ccc(Cl)cc1.O=C([C]1[CH][CH][CH][CH]1)c1ccc(Cl)cc1.[Fe+2]. The number of hydrogen-bond donors (Lipinski definition) is 0. The van der Waals surface area contributed by atoms with E-state index in [0.29, 0.717) is 33.0 Å². The molecule has 4 rings (SSSR count). The van der Waals surface area contributed by atoms with Gasteiger partial charge in [0.25, 0.3) is 0 Å². The van der Waals surface area contributed by atoms with Crippen LogP contribution in [0.5, 0.6) is 0 Å². The van der Waals surface area contributed by atoms with Crippen molar-refractivity contribution >= 4 is 34.8 Å². The Morgan fingerprint density at radius 1 is 0.517 bits per heavy atom. The molecular formula is C24H16Cl2FeO2+2. The van der Waals surface area contributed by atoms with Crippen LogP contribution in [0.15, 0.2) is 48.5 Å². The van der Waals surface area contributed by atoms with Gasteiger partial charge < -0.3 is 0 Å². The molecule has 2 aromatic carbocycles. The first-order valence-corrected chi connectivity index (χ1v) is 9.34. The van der Waals surface area contributed by atoms with Gasteiger partial charge in [-0.1, -0.05) is 23.2 Å². The molecule has 29 heavy (non-hydrogen) atoms. The third-order valence-electron chi connectivity index (χ3n) is 4.06. The maximum absolute atomic E-state index is 11.8. The van der Waals surface area contributed by atoms with E-state index in [2.05, 4.69) is 0 Å². The van der Waals surface area contributed by atoms with Gasteiger partial charge in [-0.25, -0.2) is 0 Å². The quantitative estimate of drug-likeness (QED) is 0.421. The van der Waals surface area contributed by atoms with Gasteiger partial charge in [0.2, 0.25) is 0 Å². The fraction of sp³-hybridized carbons (Fsp3) is 0. The minimum atomic E-state index is 0. The number of carbonyl (C=O) groups is 2. The first-order chi connectivity index (χ1) is 13.5. The predicted molar refractivity (Wildman–Crippen MR) is 112 cm³/mol. The largest absolute Gasteiger partial charge is 2.00 e. The van der Waals surface area contributed by atoms with E-state index in [9.17, 15) is 9.59 Å². The van der Waals surface area contributed by atoms with Crippen LogP contribution in [-0.2, 0) is 17.1 Å². The Morgan fingerprint density at radius 3 is 1.07 bits per heavy atom. The summed E-state index contributed by atoms with van der Waals surface area (Å²) in [6.07, 6.45) is 14.6. The van der Waals surface area contributed by atoms with E-state index in [-0.39, 0.29) is 28.6 Å². The van der Waals surface area contributed by atoms with E-state index >= 15 is 0 Å². The molecule has 2 nitrogen and oxygen atoms in total. The van der Waals surface area contributed by atoms with Gasteiger partial charge in [-0.05, 0) is 99.9 Å². The van der Waals surface area contributed by atoms with E-state index in [1.54, 1.807) is 74.2 Å². The van der Waals surface area contributed by atoms with Gasteiger partial charge in [0, 0.05) is 21.2 Å². The van der Waals surface area contributed by atoms with Crippen molar-refractivity contribution in [3.63, 3.8) is 0 Å². The number of halogens is 2. The Morgan fingerprint density at radius 2 is 0.793 bits per heavy atom. The van der Waals surface area contributed by atoms with Crippen LogP contribution in [0.2, 0.25) is 10.0 Å². The monoisotopic (exact) mass is 462 g/mol. The van der Waals surface area contributed by atoms with Crippen LogP contribution in [0.3, 0.4) is 0 Å². The van der Waals surface area contributed by atoms with Crippen molar-refractivity contribution in [1.82, 2.24) is 0 Å². The van der Waals surface area contributed by atoms with E-state index in [4.69, 9.17) is 23.2 Å². The number of benzene rings is 2. The summed E-state index contributed by atoms with van der Waals surface area (Å²) in [5.41, 5.74) is 1.33. The summed E-state index contributed by atoms with van der Waals surface area (Å²) < 4.78 is 0. The third-order valence-corrected chi connectivity index (χ3v) is 4.57. The zero-order valence-electron chi connectivity index (χ0n) is 15.2. The molecular weight excluding hydrogens is 447 g/mol. The van der Waals surface area contributed by atoms with Gasteiger partial charge in [-0.15, -0.1) is 0 Å². The molecule has 0 heterocycles. The van der Waals surface area contributed by atoms with Gasteiger partial charge >= 0.3 is 17.1 Å². The van der Waals surface area contributed by atoms with Crippen molar-refractivity contribution < 1.29 is 26.7 Å². The van der Waals surface area contributed by atoms with E-state index < -0.39 is 0 Å². The first kappa shape index (κ1) is 24.2. The maximum atomic E-state index is 11.8. The van der Waals surface area contributed by atoms with Crippen LogP contribution < -0.4 is 0 Å². The van der Waals surface area contributed by atoms with Crippen LogP contribution in [0.25, 0.3) is 0 Å². The van der Waals surface area contributed by atoms with Crippen molar-refractivity contribution in [1.29, 1.82) is 0 Å². The Balaban J connectivity index is 0.000000200. The molecule has 0 bridgehead atoms. The third kappa shape index (κ3) is 6.96. The number of carbonyl (C=O) groups excluding carboxylic acids is 2. The summed E-state index contributed by atoms with van der Waals surface area (Å²) in [5.74, 6) is 1.50. The first-order valence-electron chi connectivity index (χ1n) is 8.58. The second-order valence-electron chi connectivity index (χ2n) is 6.02. The molecule has 2 aliphatic rings. The van der Waals surface area contributed by atoms with Crippen molar-refractivity contribution in [3.05, 3.63) is 133 Å². The molecule has 0 amide bonds. The van der Waals surface area contributed by atoms with Gasteiger partial charge in [0.15, 0.2) is 11.6 Å². The number of hydrogen-bond acceptors (Lipinski definition) is 2. The number of ketones is 2. The predicted octanol–water partition coefficient (Wildman–Crippen LogP) is 5.85. The van der Waals surface area contributed by atoms with Crippen LogP contribution >= 0.6 is 23.2 Å². The molecule has 2 saturated carbocycles. The molecule has 2 fully saturated rings. The van der Waals surface area contributed by atoms with Gasteiger partial charge in [0.1, 0.15) is 0 Å². The second-order valence-corrected chi connectivity index (χ2v) is 6.89. The van der Waals surface area contributed by atoms with Crippen molar-refractivity contribution in [2.45, 2.75) is 0 Å². The van der Waals surface area contributed by atoms with Crippen LogP contribution in [0.4, 0.5) is 0 Å². The molecule has 2 aromatic rings.